The quantitative estimate of drug-likeness (QED) is 0.126. The van der Waals surface area contributed by atoms with E-state index in [1.165, 1.54) is 0 Å². The SMILES string of the molecule is C[C@@H]1C/C=C/CC/C=C/C(=NOCc2ccccc2)Cc2c(Cl)c(O[Si](C)(C)C(C)(C)C)cc(O[Si](C)(C)C(C)(C)C)c2C(=O)O1. The van der Waals surface area contributed by atoms with Gasteiger partial charge in [0.2, 0.25) is 0 Å². The van der Waals surface area contributed by atoms with Gasteiger partial charge >= 0.3 is 5.97 Å². The molecule has 1 atom stereocenters. The number of fused-ring (bicyclic) bond motifs is 1. The average molecular weight is 684 g/mol. The number of ether oxygens (including phenoxy) is 1. The minimum atomic E-state index is -2.42. The number of esters is 1. The molecule has 2 aromatic rings. The Kier molecular flexibility index (Phi) is 12.6. The molecule has 0 amide bonds. The van der Waals surface area contributed by atoms with E-state index in [0.29, 0.717) is 46.4 Å². The summed E-state index contributed by atoms with van der Waals surface area (Å²) in [6.45, 7) is 24.0. The Balaban J connectivity index is 2.27. The Morgan fingerprint density at radius 3 is 2.09 bits per heavy atom. The summed E-state index contributed by atoms with van der Waals surface area (Å²) in [4.78, 5) is 20.0. The second kappa shape index (κ2) is 15.4. The van der Waals surface area contributed by atoms with Gasteiger partial charge in [0.25, 0.3) is 16.6 Å². The zero-order valence-electron chi connectivity index (χ0n) is 29.8. The molecular weight excluding hydrogens is 630 g/mol. The second-order valence-electron chi connectivity index (χ2n) is 15.2. The van der Waals surface area contributed by atoms with E-state index in [1.54, 1.807) is 0 Å². The number of hydrogen-bond donors (Lipinski definition) is 0. The van der Waals surface area contributed by atoms with Crippen LogP contribution < -0.4 is 8.85 Å². The van der Waals surface area contributed by atoms with Crippen molar-refractivity contribution in [2.24, 2.45) is 5.16 Å². The van der Waals surface area contributed by atoms with Crippen LogP contribution in [0.15, 0.2) is 65.9 Å². The van der Waals surface area contributed by atoms with Crippen molar-refractivity contribution in [3.05, 3.63) is 82.4 Å². The van der Waals surface area contributed by atoms with Gasteiger partial charge in [0.1, 0.15) is 29.8 Å². The molecule has 0 unspecified atom stereocenters. The first-order valence-electron chi connectivity index (χ1n) is 16.3. The fraction of sp³-hybridized carbons (Fsp3) is 0.514. The summed E-state index contributed by atoms with van der Waals surface area (Å²) < 4.78 is 19.8. The Morgan fingerprint density at radius 2 is 1.48 bits per heavy atom. The first-order chi connectivity index (χ1) is 21.3. The number of hydrogen-bond acceptors (Lipinski definition) is 6. The molecule has 0 saturated carbocycles. The fourth-order valence-corrected chi connectivity index (χ4v) is 6.59. The van der Waals surface area contributed by atoms with Gasteiger partial charge in [0, 0.05) is 18.9 Å². The Hall–Kier alpha value is -2.82. The van der Waals surface area contributed by atoms with Gasteiger partial charge in [-0.1, -0.05) is 107 Å². The van der Waals surface area contributed by atoms with E-state index in [2.05, 4.69) is 91.1 Å². The molecule has 3 rings (SSSR count). The van der Waals surface area contributed by atoms with Crippen molar-refractivity contribution in [2.75, 3.05) is 0 Å². The van der Waals surface area contributed by atoms with Gasteiger partial charge in [-0.3, -0.25) is 0 Å². The lowest BCUT2D eigenvalue weighted by Crippen LogP contribution is -2.45. The van der Waals surface area contributed by atoms with E-state index in [9.17, 15) is 4.79 Å². The Morgan fingerprint density at radius 1 is 0.891 bits per heavy atom. The van der Waals surface area contributed by atoms with Crippen molar-refractivity contribution in [1.29, 1.82) is 0 Å². The van der Waals surface area contributed by atoms with Gasteiger partial charge in [0.15, 0.2) is 0 Å². The van der Waals surface area contributed by atoms with Crippen LogP contribution in [0.25, 0.3) is 0 Å². The molecule has 0 radical (unpaired) electrons. The van der Waals surface area contributed by atoms with Crippen LogP contribution in [0.4, 0.5) is 0 Å². The van der Waals surface area contributed by atoms with Gasteiger partial charge in [-0.2, -0.15) is 0 Å². The van der Waals surface area contributed by atoms with Crippen LogP contribution in [0.3, 0.4) is 0 Å². The highest BCUT2D eigenvalue weighted by atomic mass is 35.5. The zero-order valence-corrected chi connectivity index (χ0v) is 32.5. The molecule has 1 aliphatic heterocycles. The maximum atomic E-state index is 14.2. The molecule has 0 bridgehead atoms. The lowest BCUT2D eigenvalue weighted by molar-refractivity contribution is 0.0344. The topological polar surface area (TPSA) is 66.3 Å². The predicted molar refractivity (Wildman–Crippen MR) is 196 cm³/mol. The molecule has 0 spiro atoms. The fourth-order valence-electron chi connectivity index (χ4n) is 4.24. The minimum absolute atomic E-state index is 0.0775. The number of allylic oxidation sites excluding steroid dienone is 3. The number of cyclic esters (lactones) is 1. The van der Waals surface area contributed by atoms with Gasteiger partial charge in [-0.25, -0.2) is 4.79 Å². The van der Waals surface area contributed by atoms with Crippen LogP contribution in [0.1, 0.15) is 89.2 Å². The minimum Gasteiger partial charge on any atom is -0.543 e. The molecule has 9 heteroatoms. The highest BCUT2D eigenvalue weighted by Gasteiger charge is 2.43. The second-order valence-corrected chi connectivity index (χ2v) is 25.0. The van der Waals surface area contributed by atoms with Crippen LogP contribution >= 0.6 is 11.6 Å². The van der Waals surface area contributed by atoms with E-state index >= 15 is 0 Å². The molecule has 1 aliphatic rings. The van der Waals surface area contributed by atoms with Gasteiger partial charge in [-0.05, 0) is 73.2 Å². The normalized spacial score (nSPS) is 19.4. The third kappa shape index (κ3) is 10.1. The molecule has 0 saturated heterocycles. The first kappa shape index (κ1) is 37.6. The van der Waals surface area contributed by atoms with Crippen LogP contribution in [0, 0.1) is 0 Å². The molecule has 0 aromatic heterocycles. The smallest absolute Gasteiger partial charge is 0.342 e. The molecule has 0 aliphatic carbocycles. The third-order valence-electron chi connectivity index (χ3n) is 9.21. The van der Waals surface area contributed by atoms with Crippen LogP contribution in [-0.2, 0) is 22.6 Å². The number of rotatable bonds is 7. The number of benzene rings is 2. The van der Waals surface area contributed by atoms with Crippen molar-refractivity contribution in [3.63, 3.8) is 0 Å². The van der Waals surface area contributed by atoms with E-state index < -0.39 is 22.6 Å². The van der Waals surface area contributed by atoms with Crippen molar-refractivity contribution in [3.8, 4) is 11.5 Å². The van der Waals surface area contributed by atoms with Crippen LogP contribution in [0.2, 0.25) is 41.3 Å². The summed E-state index contributed by atoms with van der Waals surface area (Å²) in [5, 5.41) is 4.72. The van der Waals surface area contributed by atoms with E-state index in [-0.39, 0.29) is 22.6 Å². The lowest BCUT2D eigenvalue weighted by Gasteiger charge is -2.39. The molecule has 0 N–H and O–H groups in total. The molecule has 2 aromatic carbocycles. The van der Waals surface area contributed by atoms with E-state index in [1.807, 2.05) is 49.4 Å². The number of halogens is 1. The standard InChI is InChI=1S/C37H54ClNO5Si2/c1-27-20-16-13-12-14-19-23-29(39-41-26-28-21-17-15-18-22-28)24-30-33(35(40)42-27)31(43-45(8,9)36(2,3)4)25-32(34(30)38)44-46(10,11)37(5,6)7/h13,15-19,21-23,25,27H,12,14,20,24,26H2,1-11H3/b16-13+,23-19+,39-29?/t27-/m1/s1. The monoisotopic (exact) mass is 683 g/mol. The largest absolute Gasteiger partial charge is 0.543 e. The summed E-state index contributed by atoms with van der Waals surface area (Å²) in [6.07, 6.45) is 10.4. The molecule has 252 valence electrons. The predicted octanol–water partition coefficient (Wildman–Crippen LogP) is 11.1. The van der Waals surface area contributed by atoms with Crippen molar-refractivity contribution >= 4 is 39.9 Å². The highest BCUT2D eigenvalue weighted by Crippen LogP contribution is 2.46. The summed E-state index contributed by atoms with van der Waals surface area (Å²) in [7, 11) is -4.75. The van der Waals surface area contributed by atoms with Crippen molar-refractivity contribution < 1.29 is 23.2 Å². The van der Waals surface area contributed by atoms with Gasteiger partial charge < -0.3 is 18.4 Å². The number of carbonyl (C=O) groups is 1. The molecular formula is C37H54ClNO5Si2. The summed E-state index contributed by atoms with van der Waals surface area (Å²) in [5.74, 6) is 0.475. The molecule has 6 nitrogen and oxygen atoms in total. The van der Waals surface area contributed by atoms with Gasteiger partial charge in [-0.15, -0.1) is 0 Å². The number of carbonyl (C=O) groups excluding carboxylic acids is 1. The third-order valence-corrected chi connectivity index (χ3v) is 18.3. The Bertz CT molecular complexity index is 1440. The van der Waals surface area contributed by atoms with E-state index in [0.717, 1.165) is 18.4 Å². The Labute approximate surface area is 284 Å². The molecule has 1 heterocycles. The average Bonchev–Trinajstić information content (AvgIpc) is 2.93. The maximum Gasteiger partial charge on any atom is 0.342 e. The van der Waals surface area contributed by atoms with Crippen LogP contribution in [-0.4, -0.2) is 34.4 Å². The number of nitrogens with zero attached hydrogens (tertiary/aromatic N) is 1. The van der Waals surface area contributed by atoms with Crippen LogP contribution in [0.5, 0.6) is 11.5 Å². The first-order valence-corrected chi connectivity index (χ1v) is 22.5. The maximum absolute atomic E-state index is 14.2. The summed E-state index contributed by atoms with van der Waals surface area (Å²) >= 11 is 7.28. The van der Waals surface area contributed by atoms with Crippen molar-refractivity contribution in [2.45, 2.75) is 123 Å². The van der Waals surface area contributed by atoms with Crippen molar-refractivity contribution in [1.82, 2.24) is 0 Å². The van der Waals surface area contributed by atoms with Gasteiger partial charge in [0.05, 0.1) is 10.7 Å². The highest BCUT2D eigenvalue weighted by molar-refractivity contribution is 6.75. The zero-order chi connectivity index (χ0) is 34.3. The lowest BCUT2D eigenvalue weighted by atomic mass is 9.99. The molecule has 46 heavy (non-hydrogen) atoms. The van der Waals surface area contributed by atoms with E-state index in [4.69, 9.17) is 30.0 Å². The molecule has 0 fully saturated rings. The summed E-state index contributed by atoms with van der Waals surface area (Å²) in [5.41, 5.74) is 2.51. The number of oxime groups is 1. The summed E-state index contributed by atoms with van der Waals surface area (Å²) in [6, 6.07) is 11.7.